The molecular formula is C26H21ClN2O5. The zero-order chi connectivity index (χ0) is 24.2. The Hall–Kier alpha value is -4.10. The van der Waals surface area contributed by atoms with Crippen molar-refractivity contribution in [2.24, 2.45) is 0 Å². The molecule has 8 heteroatoms. The largest absolute Gasteiger partial charge is 0.493 e. The molecule has 4 rings (SSSR count). The number of nitrogens with zero attached hydrogens (tertiary/aromatic N) is 1. The summed E-state index contributed by atoms with van der Waals surface area (Å²) in [5.41, 5.74) is 2.41. The number of anilines is 1. The van der Waals surface area contributed by atoms with E-state index in [2.05, 4.69) is 5.32 Å². The molecule has 7 nitrogen and oxygen atoms in total. The molecule has 1 aliphatic rings. The van der Waals surface area contributed by atoms with Crippen LogP contribution in [0.4, 0.5) is 10.5 Å². The molecule has 0 aliphatic carbocycles. The number of hydrogen-bond acceptors (Lipinski definition) is 5. The molecule has 0 radical (unpaired) electrons. The number of nitrogens with one attached hydrogen (secondary N) is 1. The van der Waals surface area contributed by atoms with Crippen LogP contribution >= 0.6 is 11.6 Å². The van der Waals surface area contributed by atoms with E-state index in [9.17, 15) is 14.4 Å². The summed E-state index contributed by atoms with van der Waals surface area (Å²) in [5, 5.41) is 2.46. The number of carbonyl (C=O) groups is 3. The number of halogens is 1. The Kier molecular flexibility index (Phi) is 6.65. The summed E-state index contributed by atoms with van der Waals surface area (Å²) in [6, 6.07) is 18.8. The van der Waals surface area contributed by atoms with Gasteiger partial charge in [0.05, 0.1) is 17.8 Å². The van der Waals surface area contributed by atoms with Gasteiger partial charge in [0.25, 0.3) is 11.8 Å². The fourth-order valence-electron chi connectivity index (χ4n) is 3.52. The molecule has 0 unspecified atom stereocenters. The second-order valence-corrected chi connectivity index (χ2v) is 8.01. The summed E-state index contributed by atoms with van der Waals surface area (Å²) in [6.07, 6.45) is 1.36. The Labute approximate surface area is 201 Å². The summed E-state index contributed by atoms with van der Waals surface area (Å²) >= 11 is 6.45. The highest BCUT2D eigenvalue weighted by atomic mass is 35.5. The molecule has 3 aromatic rings. The molecule has 1 saturated heterocycles. The predicted octanol–water partition coefficient (Wildman–Crippen LogP) is 4.90. The Morgan fingerprint density at radius 2 is 1.76 bits per heavy atom. The molecular weight excluding hydrogens is 456 g/mol. The van der Waals surface area contributed by atoms with Crippen LogP contribution in [0.1, 0.15) is 16.7 Å². The van der Waals surface area contributed by atoms with Crippen LogP contribution < -0.4 is 19.7 Å². The lowest BCUT2D eigenvalue weighted by Crippen LogP contribution is -2.54. The lowest BCUT2D eigenvalue weighted by Gasteiger charge is -2.26. The van der Waals surface area contributed by atoms with Gasteiger partial charge in [-0.3, -0.25) is 14.9 Å². The Morgan fingerprint density at radius 3 is 2.47 bits per heavy atom. The van der Waals surface area contributed by atoms with Crippen molar-refractivity contribution in [3.8, 4) is 11.5 Å². The molecule has 1 aliphatic heterocycles. The molecule has 0 atom stereocenters. The molecule has 1 heterocycles. The number of urea groups is 1. The highest BCUT2D eigenvalue weighted by molar-refractivity contribution is 6.39. The average molecular weight is 477 g/mol. The fourth-order valence-corrected chi connectivity index (χ4v) is 3.79. The van der Waals surface area contributed by atoms with Crippen LogP contribution in [-0.2, 0) is 16.2 Å². The molecule has 1 N–H and O–H groups in total. The molecule has 1 fully saturated rings. The van der Waals surface area contributed by atoms with Gasteiger partial charge in [-0.1, -0.05) is 54.1 Å². The first kappa shape index (κ1) is 23.1. The van der Waals surface area contributed by atoms with Crippen LogP contribution in [0.2, 0.25) is 5.02 Å². The average Bonchev–Trinajstić information content (AvgIpc) is 2.81. The quantitative estimate of drug-likeness (QED) is 0.404. The van der Waals surface area contributed by atoms with E-state index in [1.54, 1.807) is 30.3 Å². The van der Waals surface area contributed by atoms with Crippen LogP contribution in [0, 0.1) is 6.92 Å². The van der Waals surface area contributed by atoms with Gasteiger partial charge < -0.3 is 9.47 Å². The standard InChI is InChI=1S/C26H21ClN2O5/c1-16-7-6-10-19(11-16)29-25(31)20(24(30)28-26(29)32)12-18-13-21(27)23(22(14-18)33-2)34-15-17-8-4-3-5-9-17/h3-14H,15H2,1-2H3,(H,28,30,32)/b20-12+. The molecule has 3 aromatic carbocycles. The fraction of sp³-hybridized carbons (Fsp3) is 0.115. The van der Waals surface area contributed by atoms with E-state index >= 15 is 0 Å². The lowest BCUT2D eigenvalue weighted by atomic mass is 10.1. The van der Waals surface area contributed by atoms with Gasteiger partial charge >= 0.3 is 6.03 Å². The third kappa shape index (κ3) is 4.79. The van der Waals surface area contributed by atoms with Gasteiger partial charge in [0.2, 0.25) is 0 Å². The van der Waals surface area contributed by atoms with Crippen molar-refractivity contribution in [1.29, 1.82) is 0 Å². The van der Waals surface area contributed by atoms with E-state index in [-0.39, 0.29) is 17.2 Å². The van der Waals surface area contributed by atoms with E-state index in [4.69, 9.17) is 21.1 Å². The minimum Gasteiger partial charge on any atom is -0.493 e. The number of amides is 4. The van der Waals surface area contributed by atoms with E-state index in [0.717, 1.165) is 16.0 Å². The number of ether oxygens (including phenoxy) is 2. The van der Waals surface area contributed by atoms with Gasteiger partial charge in [-0.15, -0.1) is 0 Å². The van der Waals surface area contributed by atoms with Crippen molar-refractivity contribution in [2.45, 2.75) is 13.5 Å². The van der Waals surface area contributed by atoms with E-state index in [0.29, 0.717) is 22.7 Å². The molecule has 4 amide bonds. The molecule has 0 bridgehead atoms. The number of benzene rings is 3. The van der Waals surface area contributed by atoms with Crippen LogP contribution in [0.25, 0.3) is 6.08 Å². The third-order valence-corrected chi connectivity index (χ3v) is 5.43. The summed E-state index contributed by atoms with van der Waals surface area (Å²) in [7, 11) is 1.47. The van der Waals surface area contributed by atoms with Gasteiger partial charge in [0, 0.05) is 0 Å². The first-order valence-electron chi connectivity index (χ1n) is 10.4. The zero-order valence-electron chi connectivity index (χ0n) is 18.5. The molecule has 0 aromatic heterocycles. The summed E-state index contributed by atoms with van der Waals surface area (Å²) in [5.74, 6) is -0.853. The normalized spacial score (nSPS) is 14.9. The van der Waals surface area contributed by atoms with Crippen molar-refractivity contribution in [3.63, 3.8) is 0 Å². The molecule has 0 spiro atoms. The van der Waals surface area contributed by atoms with Crippen LogP contribution in [-0.4, -0.2) is 25.0 Å². The first-order chi connectivity index (χ1) is 16.4. The van der Waals surface area contributed by atoms with E-state index < -0.39 is 17.8 Å². The third-order valence-electron chi connectivity index (χ3n) is 5.15. The van der Waals surface area contributed by atoms with Crippen LogP contribution in [0.3, 0.4) is 0 Å². The van der Waals surface area contributed by atoms with Gasteiger partial charge in [-0.25, -0.2) is 9.69 Å². The van der Waals surface area contributed by atoms with Gasteiger partial charge in [0.15, 0.2) is 11.5 Å². The summed E-state index contributed by atoms with van der Waals surface area (Å²) in [6.45, 7) is 2.12. The molecule has 172 valence electrons. The van der Waals surface area contributed by atoms with Crippen molar-refractivity contribution >= 4 is 41.2 Å². The number of rotatable bonds is 6. The second-order valence-electron chi connectivity index (χ2n) is 7.61. The topological polar surface area (TPSA) is 84.9 Å². The second kappa shape index (κ2) is 9.80. The highest BCUT2D eigenvalue weighted by Gasteiger charge is 2.36. The van der Waals surface area contributed by atoms with Crippen molar-refractivity contribution in [3.05, 3.63) is 94.0 Å². The monoisotopic (exact) mass is 476 g/mol. The van der Waals surface area contributed by atoms with Crippen molar-refractivity contribution in [1.82, 2.24) is 5.32 Å². The van der Waals surface area contributed by atoms with Crippen molar-refractivity contribution < 1.29 is 23.9 Å². The van der Waals surface area contributed by atoms with E-state index in [1.165, 1.54) is 13.2 Å². The number of methoxy groups -OCH3 is 1. The number of carbonyl (C=O) groups excluding carboxylic acids is 3. The Morgan fingerprint density at radius 1 is 1.00 bits per heavy atom. The number of aryl methyl sites for hydroxylation is 1. The smallest absolute Gasteiger partial charge is 0.335 e. The zero-order valence-corrected chi connectivity index (χ0v) is 19.3. The lowest BCUT2D eigenvalue weighted by molar-refractivity contribution is -0.122. The highest BCUT2D eigenvalue weighted by Crippen LogP contribution is 2.38. The first-order valence-corrected chi connectivity index (χ1v) is 10.8. The van der Waals surface area contributed by atoms with E-state index in [1.807, 2.05) is 43.3 Å². The minimum atomic E-state index is -0.807. The van der Waals surface area contributed by atoms with Gasteiger partial charge in [0.1, 0.15) is 12.2 Å². The Bertz CT molecular complexity index is 1300. The number of hydrogen-bond donors (Lipinski definition) is 1. The van der Waals surface area contributed by atoms with Gasteiger partial charge in [-0.2, -0.15) is 0 Å². The SMILES string of the molecule is COc1cc(/C=C2\C(=O)NC(=O)N(c3cccc(C)c3)C2=O)cc(Cl)c1OCc1ccccc1. The predicted molar refractivity (Wildman–Crippen MR) is 129 cm³/mol. The summed E-state index contributed by atoms with van der Waals surface area (Å²) < 4.78 is 11.3. The Balaban J connectivity index is 1.65. The summed E-state index contributed by atoms with van der Waals surface area (Å²) in [4.78, 5) is 38.9. The van der Waals surface area contributed by atoms with Crippen LogP contribution in [0.15, 0.2) is 72.3 Å². The maximum atomic E-state index is 13.1. The van der Waals surface area contributed by atoms with Crippen LogP contribution in [0.5, 0.6) is 11.5 Å². The minimum absolute atomic E-state index is 0.211. The molecule has 34 heavy (non-hydrogen) atoms. The van der Waals surface area contributed by atoms with Crippen molar-refractivity contribution in [2.75, 3.05) is 12.0 Å². The number of imide groups is 2. The van der Waals surface area contributed by atoms with Gasteiger partial charge in [-0.05, 0) is 54.0 Å². The maximum absolute atomic E-state index is 13.1. The molecule has 0 saturated carbocycles. The number of barbiturate groups is 1. The maximum Gasteiger partial charge on any atom is 0.335 e.